The van der Waals surface area contributed by atoms with Gasteiger partial charge in [-0.2, -0.15) is 0 Å². The summed E-state index contributed by atoms with van der Waals surface area (Å²) >= 11 is 5.92. The summed E-state index contributed by atoms with van der Waals surface area (Å²) in [6.07, 6.45) is 3.12. The molecule has 2 aromatic heterocycles. The van der Waals surface area contributed by atoms with E-state index in [1.165, 1.54) is 6.20 Å². The van der Waals surface area contributed by atoms with E-state index in [0.717, 1.165) is 5.82 Å². The van der Waals surface area contributed by atoms with Gasteiger partial charge in [-0.05, 0) is 18.2 Å². The average Bonchev–Trinajstić information content (AvgIpc) is 3.05. The maximum Gasteiger partial charge on any atom is 0.322 e. The second-order valence-electron chi connectivity index (χ2n) is 5.51. The summed E-state index contributed by atoms with van der Waals surface area (Å²) in [5.74, 6) is 0.721. The number of pyridine rings is 1. The lowest BCUT2D eigenvalue weighted by Crippen LogP contribution is -2.41. The lowest BCUT2D eigenvalue weighted by Gasteiger charge is -2.27. The predicted molar refractivity (Wildman–Crippen MR) is 89.0 cm³/mol. The van der Waals surface area contributed by atoms with Crippen molar-refractivity contribution in [2.75, 3.05) is 11.9 Å². The van der Waals surface area contributed by atoms with E-state index in [2.05, 4.69) is 20.5 Å². The van der Waals surface area contributed by atoms with Crippen LogP contribution in [0.4, 0.5) is 10.5 Å². The number of nitrogens with zero attached hydrogens (tertiary/aromatic N) is 4. The molecule has 9 heteroatoms. The van der Waals surface area contributed by atoms with Crippen molar-refractivity contribution in [3.63, 3.8) is 0 Å². The van der Waals surface area contributed by atoms with Crippen LogP contribution in [0.2, 0.25) is 5.02 Å². The number of halogens is 1. The number of carbonyl (C=O) groups is 1. The number of urea groups is 1. The van der Waals surface area contributed by atoms with Gasteiger partial charge < -0.3 is 19.8 Å². The third-order valence-corrected chi connectivity index (χ3v) is 4.25. The van der Waals surface area contributed by atoms with Crippen molar-refractivity contribution in [1.29, 1.82) is 0 Å². The number of aromatic amines is 1. The minimum atomic E-state index is -0.344. The Morgan fingerprint density at radius 1 is 1.33 bits per heavy atom. The van der Waals surface area contributed by atoms with Crippen molar-refractivity contribution in [2.24, 2.45) is 0 Å². The van der Waals surface area contributed by atoms with E-state index < -0.39 is 0 Å². The number of hydrogen-bond donors (Lipinski definition) is 2. The minimum absolute atomic E-state index is 0.196. The topological polar surface area (TPSA) is 95.9 Å². The molecule has 2 amide bonds. The molecular formula is C15H13ClN6O2. The van der Waals surface area contributed by atoms with Crippen LogP contribution < -0.4 is 10.7 Å². The van der Waals surface area contributed by atoms with E-state index in [4.69, 9.17) is 11.6 Å². The molecule has 1 aliphatic rings. The second-order valence-corrected chi connectivity index (χ2v) is 5.95. The zero-order chi connectivity index (χ0) is 16.7. The molecule has 0 unspecified atom stereocenters. The quantitative estimate of drug-likeness (QED) is 0.703. The molecule has 122 valence electrons. The van der Waals surface area contributed by atoms with Crippen molar-refractivity contribution in [1.82, 2.24) is 24.6 Å². The Hall–Kier alpha value is -2.87. The average molecular weight is 345 g/mol. The highest BCUT2D eigenvalue weighted by molar-refractivity contribution is 6.31. The number of aromatic nitrogens is 4. The van der Waals surface area contributed by atoms with E-state index >= 15 is 0 Å². The van der Waals surface area contributed by atoms with Gasteiger partial charge in [-0.15, -0.1) is 10.2 Å². The summed E-state index contributed by atoms with van der Waals surface area (Å²) in [5.41, 5.74) is 0.562. The van der Waals surface area contributed by atoms with Crippen LogP contribution >= 0.6 is 11.6 Å². The molecule has 0 saturated heterocycles. The molecule has 4 rings (SSSR count). The molecule has 8 nitrogen and oxygen atoms in total. The zero-order valence-corrected chi connectivity index (χ0v) is 13.2. The number of hydrogen-bond acceptors (Lipinski definition) is 4. The highest BCUT2D eigenvalue weighted by atomic mass is 35.5. The normalized spacial score (nSPS) is 13.8. The van der Waals surface area contributed by atoms with Gasteiger partial charge in [0.25, 0.3) is 0 Å². The van der Waals surface area contributed by atoms with Gasteiger partial charge in [0, 0.05) is 29.7 Å². The first-order chi connectivity index (χ1) is 11.6. The smallest absolute Gasteiger partial charge is 0.322 e. The molecule has 0 radical (unpaired) electrons. The monoisotopic (exact) mass is 344 g/mol. The Morgan fingerprint density at radius 2 is 2.21 bits per heavy atom. The van der Waals surface area contributed by atoms with Crippen LogP contribution in [0, 0.1) is 0 Å². The Morgan fingerprint density at radius 3 is 3.08 bits per heavy atom. The van der Waals surface area contributed by atoms with E-state index in [1.54, 1.807) is 29.4 Å². The Bertz CT molecular complexity index is 995. The fourth-order valence-corrected chi connectivity index (χ4v) is 2.89. The molecule has 3 aromatic rings. The van der Waals surface area contributed by atoms with Crippen LogP contribution in [0.1, 0.15) is 5.82 Å². The molecule has 0 atom stereocenters. The summed E-state index contributed by atoms with van der Waals surface area (Å²) in [5, 5.41) is 11.5. The van der Waals surface area contributed by atoms with Gasteiger partial charge in [0.1, 0.15) is 12.0 Å². The first-order valence-electron chi connectivity index (χ1n) is 7.35. The van der Waals surface area contributed by atoms with Gasteiger partial charge in [0.15, 0.2) is 5.82 Å². The summed E-state index contributed by atoms with van der Waals surface area (Å²) in [6, 6.07) is 4.60. The fourth-order valence-electron chi connectivity index (χ4n) is 2.72. The third-order valence-electron chi connectivity index (χ3n) is 4.01. The van der Waals surface area contributed by atoms with Crippen LogP contribution in [-0.2, 0) is 13.1 Å². The summed E-state index contributed by atoms with van der Waals surface area (Å²) in [4.78, 5) is 29.5. The van der Waals surface area contributed by atoms with Gasteiger partial charge in [0.2, 0.25) is 5.43 Å². The zero-order valence-electron chi connectivity index (χ0n) is 12.5. The van der Waals surface area contributed by atoms with Crippen molar-refractivity contribution in [3.8, 4) is 0 Å². The SMILES string of the molecule is O=C(Nc1c[nH]c2cc(Cl)ccc2c1=O)N1CCn2cnnc2C1. The van der Waals surface area contributed by atoms with Gasteiger partial charge in [0.05, 0.1) is 12.1 Å². The fraction of sp³-hybridized carbons (Fsp3) is 0.200. The molecule has 1 aromatic carbocycles. The number of carbonyl (C=O) groups excluding carboxylic acids is 1. The molecule has 2 N–H and O–H groups in total. The number of amides is 2. The molecule has 3 heterocycles. The Kier molecular flexibility index (Phi) is 3.46. The lowest BCUT2D eigenvalue weighted by molar-refractivity contribution is 0.195. The number of benzene rings is 1. The van der Waals surface area contributed by atoms with Gasteiger partial charge in [-0.25, -0.2) is 4.79 Å². The molecule has 0 saturated carbocycles. The van der Waals surface area contributed by atoms with Crippen LogP contribution in [0.25, 0.3) is 10.9 Å². The molecule has 0 bridgehead atoms. The standard InChI is InChI=1S/C15H13ClN6O2/c16-9-1-2-10-11(5-9)17-6-12(14(10)23)19-15(24)21-3-4-22-8-18-20-13(22)7-21/h1-2,5-6,8H,3-4,7H2,(H,17,23)(H,19,24). The van der Waals surface area contributed by atoms with Crippen molar-refractivity contribution in [2.45, 2.75) is 13.1 Å². The highest BCUT2D eigenvalue weighted by Gasteiger charge is 2.22. The molecule has 0 fully saturated rings. The van der Waals surface area contributed by atoms with Gasteiger partial charge in [-0.3, -0.25) is 4.79 Å². The number of anilines is 1. The molecule has 1 aliphatic heterocycles. The van der Waals surface area contributed by atoms with Crippen LogP contribution in [-0.4, -0.2) is 37.2 Å². The van der Waals surface area contributed by atoms with Crippen LogP contribution in [0.5, 0.6) is 0 Å². The first kappa shape index (κ1) is 14.7. The van der Waals surface area contributed by atoms with E-state index in [1.807, 2.05) is 4.57 Å². The molecule has 0 aliphatic carbocycles. The Labute approximate surface area is 141 Å². The van der Waals surface area contributed by atoms with Gasteiger partial charge >= 0.3 is 6.03 Å². The largest absolute Gasteiger partial charge is 0.359 e. The van der Waals surface area contributed by atoms with Gasteiger partial charge in [-0.1, -0.05) is 11.6 Å². The van der Waals surface area contributed by atoms with Crippen LogP contribution in [0.15, 0.2) is 35.5 Å². The van der Waals surface area contributed by atoms with Crippen LogP contribution in [0.3, 0.4) is 0 Å². The molecular weight excluding hydrogens is 332 g/mol. The van der Waals surface area contributed by atoms with Crippen molar-refractivity contribution >= 4 is 34.2 Å². The number of nitrogens with one attached hydrogen (secondary N) is 2. The maximum absolute atomic E-state index is 12.5. The van der Waals surface area contributed by atoms with E-state index in [-0.39, 0.29) is 17.1 Å². The van der Waals surface area contributed by atoms with E-state index in [0.29, 0.717) is 35.6 Å². The lowest BCUT2D eigenvalue weighted by atomic mass is 10.2. The maximum atomic E-state index is 12.5. The van der Waals surface area contributed by atoms with Crippen molar-refractivity contribution < 1.29 is 4.79 Å². The Balaban J connectivity index is 1.58. The summed E-state index contributed by atoms with van der Waals surface area (Å²) < 4.78 is 1.90. The summed E-state index contributed by atoms with van der Waals surface area (Å²) in [7, 11) is 0. The van der Waals surface area contributed by atoms with Crippen molar-refractivity contribution in [3.05, 3.63) is 51.8 Å². The third kappa shape index (κ3) is 2.50. The highest BCUT2D eigenvalue weighted by Crippen LogP contribution is 2.17. The minimum Gasteiger partial charge on any atom is -0.359 e. The van der Waals surface area contributed by atoms with E-state index in [9.17, 15) is 9.59 Å². The number of fused-ring (bicyclic) bond motifs is 2. The first-order valence-corrected chi connectivity index (χ1v) is 7.73. The number of H-pyrrole nitrogens is 1. The molecule has 24 heavy (non-hydrogen) atoms. The number of rotatable bonds is 1. The summed E-state index contributed by atoms with van der Waals surface area (Å²) in [6.45, 7) is 1.51. The predicted octanol–water partition coefficient (Wildman–Crippen LogP) is 1.82. The molecule has 0 spiro atoms. The second kappa shape index (κ2) is 5.64.